The minimum absolute atomic E-state index is 0.0511. The van der Waals surface area contributed by atoms with Crippen molar-refractivity contribution in [3.05, 3.63) is 83.4 Å². The summed E-state index contributed by atoms with van der Waals surface area (Å²) in [6.07, 6.45) is 1.43. The monoisotopic (exact) mass is 347 g/mol. The summed E-state index contributed by atoms with van der Waals surface area (Å²) in [5.41, 5.74) is 1.49. The molecule has 1 amide bonds. The molecule has 3 rings (SSSR count). The Balaban J connectivity index is 1.71. The average Bonchev–Trinajstić information content (AvgIpc) is 2.68. The fourth-order valence-corrected chi connectivity index (χ4v) is 2.26. The van der Waals surface area contributed by atoms with Crippen molar-refractivity contribution in [2.75, 3.05) is 5.32 Å². The third kappa shape index (κ3) is 3.99. The first-order chi connectivity index (χ1) is 12.7. The molecule has 0 aliphatic heterocycles. The number of amides is 1. The zero-order valence-electron chi connectivity index (χ0n) is 13.6. The van der Waals surface area contributed by atoms with Gasteiger partial charge < -0.3 is 10.6 Å². The van der Waals surface area contributed by atoms with Crippen LogP contribution in [0.15, 0.2) is 60.8 Å². The summed E-state index contributed by atoms with van der Waals surface area (Å²) in [6, 6.07) is 16.6. The molecule has 1 aromatic heterocycles. The Bertz CT molecular complexity index is 983. The fraction of sp³-hybridized carbons (Fsp3) is 0.0526. The van der Waals surface area contributed by atoms with Gasteiger partial charge in [0.05, 0.1) is 11.3 Å². The summed E-state index contributed by atoms with van der Waals surface area (Å²) >= 11 is 0. The Morgan fingerprint density at radius 2 is 1.88 bits per heavy atom. The molecule has 2 N–H and O–H groups in total. The van der Waals surface area contributed by atoms with Crippen molar-refractivity contribution in [1.29, 1.82) is 5.26 Å². The summed E-state index contributed by atoms with van der Waals surface area (Å²) in [4.78, 5) is 20.4. The molecule has 0 saturated carbocycles. The molecule has 0 unspecified atom stereocenters. The molecule has 0 fully saturated rings. The van der Waals surface area contributed by atoms with Gasteiger partial charge in [-0.2, -0.15) is 5.26 Å². The summed E-state index contributed by atoms with van der Waals surface area (Å²) in [7, 11) is 0. The van der Waals surface area contributed by atoms with Gasteiger partial charge >= 0.3 is 0 Å². The van der Waals surface area contributed by atoms with Crippen LogP contribution in [0.5, 0.6) is 0 Å². The van der Waals surface area contributed by atoms with Gasteiger partial charge in [-0.15, -0.1) is 0 Å². The van der Waals surface area contributed by atoms with Crippen LogP contribution in [-0.2, 0) is 6.54 Å². The van der Waals surface area contributed by atoms with Gasteiger partial charge in [-0.05, 0) is 24.3 Å². The van der Waals surface area contributed by atoms with Crippen LogP contribution in [0.3, 0.4) is 0 Å². The molecule has 0 atom stereocenters. The van der Waals surface area contributed by atoms with Crippen LogP contribution in [0.1, 0.15) is 21.6 Å². The number of nitrogens with zero attached hydrogens (tertiary/aromatic N) is 3. The number of benzene rings is 2. The maximum absolute atomic E-state index is 13.6. The highest BCUT2D eigenvalue weighted by Crippen LogP contribution is 2.17. The molecule has 0 aliphatic rings. The van der Waals surface area contributed by atoms with Gasteiger partial charge in [0.15, 0.2) is 0 Å². The van der Waals surface area contributed by atoms with Crippen molar-refractivity contribution in [1.82, 2.24) is 15.3 Å². The van der Waals surface area contributed by atoms with E-state index < -0.39 is 5.91 Å². The predicted octanol–water partition coefficient (Wildman–Crippen LogP) is 3.16. The number of nitrogens with one attached hydrogen (secondary N) is 2. The molecule has 0 aliphatic carbocycles. The van der Waals surface area contributed by atoms with Gasteiger partial charge in [0.2, 0.25) is 5.95 Å². The lowest BCUT2D eigenvalue weighted by atomic mass is 10.2. The summed E-state index contributed by atoms with van der Waals surface area (Å²) in [5, 5.41) is 14.7. The summed E-state index contributed by atoms with van der Waals surface area (Å²) in [5.74, 6) is -0.649. The van der Waals surface area contributed by atoms with E-state index >= 15 is 0 Å². The number of anilines is 2. The molecule has 6 nitrogen and oxygen atoms in total. The largest absolute Gasteiger partial charge is 0.347 e. The molecular weight excluding hydrogens is 333 g/mol. The summed E-state index contributed by atoms with van der Waals surface area (Å²) < 4.78 is 13.6. The number of aromatic nitrogens is 2. The normalized spacial score (nSPS) is 10.0. The maximum Gasteiger partial charge on any atom is 0.270 e. The highest BCUT2D eigenvalue weighted by Gasteiger charge is 2.11. The molecule has 26 heavy (non-hydrogen) atoms. The smallest absolute Gasteiger partial charge is 0.270 e. The molecule has 1 heterocycles. The van der Waals surface area contributed by atoms with Gasteiger partial charge in [0, 0.05) is 18.3 Å². The molecule has 0 radical (unpaired) electrons. The number of nitriles is 1. The van der Waals surface area contributed by atoms with Crippen molar-refractivity contribution >= 4 is 17.5 Å². The predicted molar refractivity (Wildman–Crippen MR) is 94.0 cm³/mol. The van der Waals surface area contributed by atoms with Crippen LogP contribution >= 0.6 is 0 Å². The first-order valence-corrected chi connectivity index (χ1v) is 7.78. The lowest BCUT2D eigenvalue weighted by Gasteiger charge is -2.08. The highest BCUT2D eigenvalue weighted by atomic mass is 19.1. The quantitative estimate of drug-likeness (QED) is 0.740. The second-order valence-corrected chi connectivity index (χ2v) is 5.32. The molecule has 128 valence electrons. The lowest BCUT2D eigenvalue weighted by Crippen LogP contribution is -2.24. The molecule has 0 bridgehead atoms. The number of halogens is 1. The van der Waals surface area contributed by atoms with E-state index in [4.69, 9.17) is 5.26 Å². The van der Waals surface area contributed by atoms with Crippen molar-refractivity contribution in [3.8, 4) is 6.07 Å². The first kappa shape index (κ1) is 17.0. The van der Waals surface area contributed by atoms with Gasteiger partial charge in [-0.1, -0.05) is 30.3 Å². The van der Waals surface area contributed by atoms with E-state index in [2.05, 4.69) is 26.7 Å². The first-order valence-electron chi connectivity index (χ1n) is 7.78. The molecule has 3 aromatic rings. The van der Waals surface area contributed by atoms with E-state index in [-0.39, 0.29) is 24.0 Å². The number of para-hydroxylation sites is 1. The minimum atomic E-state index is -0.452. The molecule has 7 heteroatoms. The van der Waals surface area contributed by atoms with E-state index in [1.807, 2.05) is 0 Å². The number of rotatable bonds is 5. The summed E-state index contributed by atoms with van der Waals surface area (Å²) in [6.45, 7) is 0.0511. The Labute approximate surface area is 149 Å². The van der Waals surface area contributed by atoms with E-state index in [1.165, 1.54) is 18.3 Å². The standard InChI is InChI=1S/C19H14FN5O/c20-15-7-3-1-6-14(15)12-23-18(26)17-9-10-22-19(25-17)24-16-8-4-2-5-13(16)11-21/h1-10H,12H2,(H,23,26)(H,22,24,25). The number of carbonyl (C=O) groups excluding carboxylic acids is 1. The van der Waals surface area contributed by atoms with E-state index in [1.54, 1.807) is 42.5 Å². The molecular formula is C19H14FN5O. The lowest BCUT2D eigenvalue weighted by molar-refractivity contribution is 0.0945. The Kier molecular flexibility index (Phi) is 5.15. The molecule has 2 aromatic carbocycles. The average molecular weight is 347 g/mol. The van der Waals surface area contributed by atoms with Crippen molar-refractivity contribution < 1.29 is 9.18 Å². The molecule has 0 saturated heterocycles. The van der Waals surface area contributed by atoms with Crippen molar-refractivity contribution in [2.24, 2.45) is 0 Å². The van der Waals surface area contributed by atoms with Gasteiger partial charge in [0.25, 0.3) is 5.91 Å². The van der Waals surface area contributed by atoms with Gasteiger partial charge in [-0.25, -0.2) is 14.4 Å². The van der Waals surface area contributed by atoms with Crippen LogP contribution in [0.25, 0.3) is 0 Å². The second kappa shape index (κ2) is 7.85. The van der Waals surface area contributed by atoms with E-state index in [0.717, 1.165) is 0 Å². The Morgan fingerprint density at radius 3 is 2.69 bits per heavy atom. The van der Waals surface area contributed by atoms with Crippen molar-refractivity contribution in [3.63, 3.8) is 0 Å². The van der Waals surface area contributed by atoms with Crippen LogP contribution < -0.4 is 10.6 Å². The Morgan fingerprint density at radius 1 is 1.12 bits per heavy atom. The SMILES string of the molecule is N#Cc1ccccc1Nc1nccc(C(=O)NCc2ccccc2F)n1. The van der Waals surface area contributed by atoms with Crippen LogP contribution in [0.4, 0.5) is 16.0 Å². The topological polar surface area (TPSA) is 90.7 Å². The fourth-order valence-electron chi connectivity index (χ4n) is 2.26. The zero-order chi connectivity index (χ0) is 18.4. The molecule has 0 spiro atoms. The number of carbonyl (C=O) groups is 1. The van der Waals surface area contributed by atoms with E-state index in [0.29, 0.717) is 16.8 Å². The Hall–Kier alpha value is -3.79. The maximum atomic E-state index is 13.6. The highest BCUT2D eigenvalue weighted by molar-refractivity contribution is 5.92. The van der Waals surface area contributed by atoms with Gasteiger partial charge in [0.1, 0.15) is 17.6 Å². The van der Waals surface area contributed by atoms with E-state index in [9.17, 15) is 9.18 Å². The van der Waals surface area contributed by atoms with Crippen LogP contribution in [0, 0.1) is 17.1 Å². The van der Waals surface area contributed by atoms with Gasteiger partial charge in [-0.3, -0.25) is 4.79 Å². The second-order valence-electron chi connectivity index (χ2n) is 5.32. The number of hydrogen-bond donors (Lipinski definition) is 2. The minimum Gasteiger partial charge on any atom is -0.347 e. The van der Waals surface area contributed by atoms with Crippen LogP contribution in [0.2, 0.25) is 0 Å². The third-order valence-corrected chi connectivity index (χ3v) is 3.58. The van der Waals surface area contributed by atoms with Crippen molar-refractivity contribution in [2.45, 2.75) is 6.54 Å². The van der Waals surface area contributed by atoms with Crippen LogP contribution in [-0.4, -0.2) is 15.9 Å². The third-order valence-electron chi connectivity index (χ3n) is 3.58. The number of hydrogen-bond acceptors (Lipinski definition) is 5. The zero-order valence-corrected chi connectivity index (χ0v) is 13.6.